The molecule has 3 fully saturated rings. The Labute approximate surface area is 607 Å². The number of hydrogen-bond acceptors (Lipinski definition) is 10. The molecule has 96 heavy (non-hydrogen) atoms. The molecule has 18 heteroatoms. The van der Waals surface area contributed by atoms with E-state index in [0.29, 0.717) is 30.3 Å². The van der Waals surface area contributed by atoms with Crippen LogP contribution in [0.5, 0.6) is 0 Å². The van der Waals surface area contributed by atoms with Gasteiger partial charge in [-0.05, 0) is 98.2 Å². The van der Waals surface area contributed by atoms with Gasteiger partial charge in [0.25, 0.3) is 11.8 Å². The van der Waals surface area contributed by atoms with E-state index < -0.39 is 5.97 Å². The first kappa shape index (κ1) is 79.3. The maximum absolute atomic E-state index is 12.8. The zero-order chi connectivity index (χ0) is 73.2. The Morgan fingerprint density at radius 2 is 0.729 bits per heavy atom. The van der Waals surface area contributed by atoms with Crippen LogP contribution in [0, 0.1) is 7.14 Å². The SMILES string of the molecule is CC.CC.CC.CC.CC.CC.O=C(O)c1ccccc1I.O=C(c1ccccc1I)N1CCN(Cc2cncn2Cc2ccccc2)CC1.[3H][3H].[3H]c1ccccc1C(=O)N1CCN(Cc2cncn2Cc2ccccc2)CC1.c1ccc(Cn2cncc2CN2CCNCC2)cc1. The van der Waals surface area contributed by atoms with Crippen LogP contribution in [-0.4, -0.2) is 155 Å². The minimum atomic E-state index is -0.870. The quantitative estimate of drug-likeness (QED) is 0.0943. The molecule has 6 heterocycles. The van der Waals surface area contributed by atoms with E-state index in [1.54, 1.807) is 36.4 Å². The molecule has 0 bridgehead atoms. The third-order valence-electron chi connectivity index (χ3n) is 14.8. The lowest BCUT2D eigenvalue weighted by Crippen LogP contribution is -2.48. The van der Waals surface area contributed by atoms with Crippen molar-refractivity contribution in [2.45, 2.75) is 122 Å². The Morgan fingerprint density at radius 1 is 0.417 bits per heavy atom. The van der Waals surface area contributed by atoms with Crippen molar-refractivity contribution in [3.8, 4) is 0 Å². The van der Waals surface area contributed by atoms with Gasteiger partial charge >= 0.3 is 5.97 Å². The minimum absolute atomic E-state index is 0.0423. The van der Waals surface area contributed by atoms with Gasteiger partial charge in [-0.25, -0.2) is 19.7 Å². The maximum atomic E-state index is 12.8. The van der Waals surface area contributed by atoms with Crippen molar-refractivity contribution in [1.82, 2.24) is 58.5 Å². The summed E-state index contributed by atoms with van der Waals surface area (Å²) in [5, 5.41) is 11.9. The fourth-order valence-electron chi connectivity index (χ4n) is 10.1. The number of piperazine rings is 3. The number of benzene rings is 6. The third-order valence-corrected chi connectivity index (χ3v) is 16.7. The number of carboxylic acid groups (broad SMARTS) is 1. The molecule has 3 aliphatic rings. The van der Waals surface area contributed by atoms with E-state index in [1.165, 1.54) is 33.8 Å². The summed E-state index contributed by atoms with van der Waals surface area (Å²) >= 11 is 4.23. The first-order valence-electron chi connectivity index (χ1n) is 35.9. The predicted molar refractivity (Wildman–Crippen MR) is 416 cm³/mol. The largest absolute Gasteiger partial charge is 0.478 e. The van der Waals surface area contributed by atoms with Crippen molar-refractivity contribution in [2.24, 2.45) is 0 Å². The molecule has 2 amide bonds. The first-order chi connectivity index (χ1) is 48.5. The number of halogens is 2. The normalized spacial score (nSPS) is 13.5. The van der Waals surface area contributed by atoms with Gasteiger partial charge in [-0.3, -0.25) is 24.3 Å². The number of hydrogen-bond donors (Lipinski definition) is 2. The molecule has 520 valence electrons. The lowest BCUT2D eigenvalue weighted by Gasteiger charge is -2.35. The summed E-state index contributed by atoms with van der Waals surface area (Å²) in [5.74, 6) is -0.775. The van der Waals surface area contributed by atoms with Gasteiger partial charge in [-0.1, -0.05) is 217 Å². The summed E-state index contributed by atoms with van der Waals surface area (Å²) < 4.78 is 26.4. The van der Waals surface area contributed by atoms with Gasteiger partial charge in [-0.15, -0.1) is 0 Å². The van der Waals surface area contributed by atoms with E-state index in [2.05, 4.69) is 150 Å². The average Bonchev–Trinajstić information content (AvgIpc) is 1.41. The second kappa shape index (κ2) is 50.1. The van der Waals surface area contributed by atoms with Gasteiger partial charge < -0.3 is 33.9 Å². The molecule has 0 aliphatic carbocycles. The van der Waals surface area contributed by atoms with Crippen molar-refractivity contribution in [2.75, 3.05) is 78.5 Å². The molecule has 3 aliphatic heterocycles. The van der Waals surface area contributed by atoms with Gasteiger partial charge in [0.2, 0.25) is 0 Å². The molecule has 3 aromatic heterocycles. The number of carbonyl (C=O) groups excluding carboxylic acids is 2. The number of carbonyl (C=O) groups is 3. The number of imidazole rings is 3. The molecular weight excluding hydrogens is 1420 g/mol. The average molecular weight is 1540 g/mol. The van der Waals surface area contributed by atoms with Crippen molar-refractivity contribution in [3.05, 3.63) is 265 Å². The second-order valence-electron chi connectivity index (χ2n) is 20.7. The number of amides is 2. The lowest BCUT2D eigenvalue weighted by molar-refractivity contribution is 0.0618. The summed E-state index contributed by atoms with van der Waals surface area (Å²) in [6.07, 6.45) is 11.6. The Bertz CT molecular complexity index is 3370. The van der Waals surface area contributed by atoms with Crippen LogP contribution in [0.25, 0.3) is 0 Å². The highest BCUT2D eigenvalue weighted by molar-refractivity contribution is 14.1. The second-order valence-corrected chi connectivity index (χ2v) is 23.0. The van der Waals surface area contributed by atoms with E-state index in [0.717, 1.165) is 117 Å². The Morgan fingerprint density at radius 3 is 1.07 bits per heavy atom. The molecule has 0 atom stereocenters. The van der Waals surface area contributed by atoms with Crippen LogP contribution in [-0.2, 0) is 39.3 Å². The molecule has 9 aromatic rings. The van der Waals surface area contributed by atoms with Crippen molar-refractivity contribution in [1.29, 1.82) is 0 Å². The fraction of sp³-hybridized carbons (Fsp3) is 0.385. The molecule has 0 radical (unpaired) electrons. The molecule has 2 N–H and O–H groups in total. The molecular formula is C78H110I2N12O4. The monoisotopic (exact) mass is 1540 g/mol. The highest BCUT2D eigenvalue weighted by atomic mass is 127. The van der Waals surface area contributed by atoms with Crippen molar-refractivity contribution >= 4 is 63.0 Å². The van der Waals surface area contributed by atoms with Crippen LogP contribution in [0.2, 0.25) is 0 Å². The van der Waals surface area contributed by atoms with Crippen LogP contribution in [0.15, 0.2) is 207 Å². The van der Waals surface area contributed by atoms with E-state index in [1.807, 2.05) is 202 Å². The Kier molecular flexibility index (Phi) is 41.4. The van der Waals surface area contributed by atoms with Crippen molar-refractivity contribution in [3.63, 3.8) is 0 Å². The standard InChI is InChI=1S/C22H23IN4O.C22H24N4O.C15H20N4.C7H5IO2.6C2H6.H2/c23-21-9-5-4-8-20(21)22(28)26-12-10-25(11-13-26)16-19-14-24-17-27(19)15-18-6-2-1-3-7-18;27-22(20-9-5-2-6-10-20)25-13-11-24(12-14-25)17-21-15-23-18-26(21)16-19-7-3-1-4-8-19;1-2-4-14(5-3-1)11-19-13-17-10-15(19)12-18-8-6-16-7-9-18;8-6-4-2-1-3-5(6)7(9)10;6*1-2;/h1-9,14,17H,10-13,15-16H2;1-10,15,18H,11-14,16-17H2;1-5,10,13,16H,6-9,11-12H2;1-4H,(H,9,10);6*1-2H3;1H/i;9T;;;;;;;;;1+2T. The topological polar surface area (TPSA) is 153 Å². The number of aromatic carboxylic acids is 1. The van der Waals surface area contributed by atoms with Gasteiger partial charge in [0.15, 0.2) is 0 Å². The fourth-order valence-corrected chi connectivity index (χ4v) is 11.4. The van der Waals surface area contributed by atoms with Crippen LogP contribution in [0.1, 0.15) is 152 Å². The number of nitrogens with zero attached hydrogens (tertiary/aromatic N) is 11. The molecule has 0 spiro atoms. The summed E-state index contributed by atoms with van der Waals surface area (Å²) in [6, 6.07) is 53.3. The van der Waals surface area contributed by atoms with E-state index in [4.69, 9.17) is 9.45 Å². The third kappa shape index (κ3) is 28.8. The van der Waals surface area contributed by atoms with Gasteiger partial charge in [0, 0.05) is 152 Å². The molecule has 3 saturated heterocycles. The molecule has 0 saturated carbocycles. The van der Waals surface area contributed by atoms with E-state index in [-0.39, 0.29) is 11.8 Å². The van der Waals surface area contributed by atoms with Crippen molar-refractivity contribution < 1.29 is 23.8 Å². The van der Waals surface area contributed by atoms with Gasteiger partial charge in [0.05, 0.1) is 48.6 Å². The Hall–Kier alpha value is -7.34. The summed E-state index contributed by atoms with van der Waals surface area (Å²) in [6.45, 7) is 39.9. The molecule has 16 nitrogen and oxygen atoms in total. The van der Waals surface area contributed by atoms with Crippen LogP contribution in [0.4, 0.5) is 0 Å². The zero-order valence-corrected chi connectivity index (χ0v) is 63.4. The summed E-state index contributed by atoms with van der Waals surface area (Å²) in [4.78, 5) is 59.9. The predicted octanol–water partition coefficient (Wildman–Crippen LogP) is 16.1. The first-order valence-corrected chi connectivity index (χ1v) is 36.5. The number of nitrogens with one attached hydrogen (secondary N) is 1. The smallest absolute Gasteiger partial charge is 0.336 e. The molecule has 12 rings (SSSR count). The zero-order valence-electron chi connectivity index (χ0n) is 62.1. The van der Waals surface area contributed by atoms with Crippen LogP contribution >= 0.6 is 45.2 Å². The molecule has 6 aromatic carbocycles. The summed E-state index contributed by atoms with van der Waals surface area (Å²) in [5.41, 5.74) is 9.19. The van der Waals surface area contributed by atoms with Gasteiger partial charge in [-0.2, -0.15) is 0 Å². The molecule has 0 unspecified atom stereocenters. The van der Waals surface area contributed by atoms with Crippen LogP contribution in [0.3, 0.4) is 0 Å². The number of carboxylic acids is 1. The summed E-state index contributed by atoms with van der Waals surface area (Å²) in [7, 11) is 0. The Balaban J connectivity index is 0.000000440. The van der Waals surface area contributed by atoms with Crippen LogP contribution < -0.4 is 5.32 Å². The number of rotatable bonds is 15. The van der Waals surface area contributed by atoms with E-state index in [9.17, 15) is 14.4 Å². The number of aromatic nitrogens is 6. The minimum Gasteiger partial charge on any atom is -0.478 e. The van der Waals surface area contributed by atoms with E-state index >= 15 is 0 Å². The highest BCUT2D eigenvalue weighted by Crippen LogP contribution is 2.19. The highest BCUT2D eigenvalue weighted by Gasteiger charge is 2.25. The maximum Gasteiger partial charge on any atom is 0.336 e. The lowest BCUT2D eigenvalue weighted by atomic mass is 10.2. The van der Waals surface area contributed by atoms with Gasteiger partial charge in [0.1, 0.15) is 0 Å².